The second-order valence-electron chi connectivity index (χ2n) is 10.2. The number of rotatable bonds is 2. The third-order valence-electron chi connectivity index (χ3n) is 4.87. The molecule has 0 N–H and O–H groups in total. The zero-order chi connectivity index (χ0) is 23.7. The summed E-state index contributed by atoms with van der Waals surface area (Å²) in [5, 5.41) is 2.30. The van der Waals surface area contributed by atoms with Gasteiger partial charge in [0.2, 0.25) is 5.96 Å². The van der Waals surface area contributed by atoms with Gasteiger partial charge in [-0.25, -0.2) is 14.5 Å². The molecule has 1 fully saturated rings. The molecule has 0 bridgehead atoms. The van der Waals surface area contributed by atoms with Crippen LogP contribution in [-0.2, 0) is 15.9 Å². The number of ether oxygens (including phenoxy) is 2. The molecule has 0 aliphatic carbocycles. The Hall–Kier alpha value is -3.09. The van der Waals surface area contributed by atoms with Crippen LogP contribution in [-0.4, -0.2) is 58.8 Å². The molecule has 0 radical (unpaired) electrons. The summed E-state index contributed by atoms with van der Waals surface area (Å²) in [4.78, 5) is 32.9. The van der Waals surface area contributed by atoms with Gasteiger partial charge in [0.15, 0.2) is 0 Å². The van der Waals surface area contributed by atoms with Gasteiger partial charge in [0.05, 0.1) is 6.04 Å². The number of hydrogen-bond donors (Lipinski definition) is 0. The van der Waals surface area contributed by atoms with Crippen molar-refractivity contribution in [3.63, 3.8) is 0 Å². The predicted molar refractivity (Wildman–Crippen MR) is 126 cm³/mol. The van der Waals surface area contributed by atoms with Gasteiger partial charge in [-0.2, -0.15) is 0 Å². The summed E-state index contributed by atoms with van der Waals surface area (Å²) in [6, 6.07) is 14.2. The van der Waals surface area contributed by atoms with Crippen LogP contribution in [0.2, 0.25) is 0 Å². The van der Waals surface area contributed by atoms with Crippen molar-refractivity contribution in [1.29, 1.82) is 0 Å². The number of hydrogen-bond acceptors (Lipinski definition) is 4. The smallest absolute Gasteiger partial charge is 0.437 e. The lowest BCUT2D eigenvalue weighted by molar-refractivity contribution is 0.0335. The maximum atomic E-state index is 13.1. The molecular formula is C25H33N3O4. The van der Waals surface area contributed by atoms with Crippen LogP contribution in [0.4, 0.5) is 9.59 Å². The molecule has 0 saturated carbocycles. The molecule has 2 aromatic carbocycles. The summed E-state index contributed by atoms with van der Waals surface area (Å²) in [6.45, 7) is 11.3. The number of benzene rings is 2. The first-order valence-electron chi connectivity index (χ1n) is 10.8. The first kappa shape index (κ1) is 23.6. The Bertz CT molecular complexity index is 1030. The molecular weight excluding hydrogens is 406 g/mol. The first-order chi connectivity index (χ1) is 14.8. The average Bonchev–Trinajstić information content (AvgIpc) is 2.93. The van der Waals surface area contributed by atoms with Crippen molar-refractivity contribution in [1.82, 2.24) is 9.80 Å². The van der Waals surface area contributed by atoms with E-state index in [4.69, 9.17) is 9.47 Å². The van der Waals surface area contributed by atoms with E-state index in [0.29, 0.717) is 13.0 Å². The molecule has 2 amide bonds. The Morgan fingerprint density at radius 2 is 1.59 bits per heavy atom. The Kier molecular flexibility index (Phi) is 6.49. The lowest BCUT2D eigenvalue weighted by Gasteiger charge is -2.28. The van der Waals surface area contributed by atoms with E-state index in [2.05, 4.69) is 35.3 Å². The van der Waals surface area contributed by atoms with E-state index in [0.717, 1.165) is 16.3 Å². The second kappa shape index (κ2) is 8.81. The molecule has 7 nitrogen and oxygen atoms in total. The highest BCUT2D eigenvalue weighted by Gasteiger charge is 2.41. The minimum atomic E-state index is -0.737. The van der Waals surface area contributed by atoms with Crippen LogP contribution in [0.5, 0.6) is 0 Å². The molecule has 0 spiro atoms. The lowest BCUT2D eigenvalue weighted by atomic mass is 10.0. The van der Waals surface area contributed by atoms with Crippen LogP contribution >= 0.6 is 0 Å². The molecule has 0 aromatic heterocycles. The van der Waals surface area contributed by atoms with Gasteiger partial charge < -0.3 is 14.4 Å². The zero-order valence-corrected chi connectivity index (χ0v) is 20.0. The maximum Gasteiger partial charge on any atom is 0.437 e. The number of aliphatic imine (C=N–C) groups is 1. The molecule has 172 valence electrons. The molecule has 3 rings (SSSR count). The van der Waals surface area contributed by atoms with E-state index in [-0.39, 0.29) is 12.0 Å². The Morgan fingerprint density at radius 3 is 2.22 bits per heavy atom. The maximum absolute atomic E-state index is 13.1. The van der Waals surface area contributed by atoms with Crippen molar-refractivity contribution in [2.75, 3.05) is 13.6 Å². The van der Waals surface area contributed by atoms with Crippen LogP contribution in [0.3, 0.4) is 0 Å². The number of likely N-dealkylation sites (N-methyl/N-ethyl adjacent to an activating group) is 1. The van der Waals surface area contributed by atoms with E-state index < -0.39 is 23.4 Å². The summed E-state index contributed by atoms with van der Waals surface area (Å²) in [5.74, 6) is 0.235. The zero-order valence-electron chi connectivity index (χ0n) is 20.0. The highest BCUT2D eigenvalue weighted by atomic mass is 16.6. The lowest BCUT2D eigenvalue weighted by Crippen LogP contribution is -2.45. The monoisotopic (exact) mass is 439 g/mol. The SMILES string of the molecule is CN1CC(Cc2ccc3ccccc3c2)N(C(=O)OC(C)(C)C)/C1=N/C(=O)OC(C)(C)C. The summed E-state index contributed by atoms with van der Waals surface area (Å²) >= 11 is 0. The fraction of sp³-hybridized carbons (Fsp3) is 0.480. The number of carbonyl (C=O) groups excluding carboxylic acids is 2. The average molecular weight is 440 g/mol. The number of guanidine groups is 1. The van der Waals surface area contributed by atoms with E-state index in [1.54, 1.807) is 32.7 Å². The molecule has 1 heterocycles. The van der Waals surface area contributed by atoms with Crippen molar-refractivity contribution >= 4 is 28.9 Å². The van der Waals surface area contributed by atoms with Crippen LogP contribution in [0.1, 0.15) is 47.1 Å². The molecule has 32 heavy (non-hydrogen) atoms. The standard InChI is InChI=1S/C25H33N3O4/c1-24(2,3)31-22(29)26-21-27(7)16-20(28(21)23(30)32-25(4,5)6)15-17-12-13-18-10-8-9-11-19(18)14-17/h8-14,20H,15-16H2,1-7H3/b26-21+. The third kappa shape index (κ3) is 5.99. The van der Waals surface area contributed by atoms with Gasteiger partial charge in [0, 0.05) is 13.6 Å². The van der Waals surface area contributed by atoms with Crippen LogP contribution in [0.15, 0.2) is 47.5 Å². The van der Waals surface area contributed by atoms with E-state index in [1.165, 1.54) is 4.90 Å². The molecule has 2 aromatic rings. The Morgan fingerprint density at radius 1 is 0.969 bits per heavy atom. The number of nitrogens with zero attached hydrogens (tertiary/aromatic N) is 3. The topological polar surface area (TPSA) is 71.4 Å². The van der Waals surface area contributed by atoms with Crippen molar-refractivity contribution in [2.45, 2.75) is 65.2 Å². The van der Waals surface area contributed by atoms with Gasteiger partial charge in [-0.1, -0.05) is 42.5 Å². The third-order valence-corrected chi connectivity index (χ3v) is 4.87. The van der Waals surface area contributed by atoms with Crippen LogP contribution in [0, 0.1) is 0 Å². The van der Waals surface area contributed by atoms with Gasteiger partial charge >= 0.3 is 12.2 Å². The summed E-state index contributed by atoms with van der Waals surface area (Å²) < 4.78 is 11.0. The highest BCUT2D eigenvalue weighted by molar-refractivity contribution is 6.00. The Labute approximate surface area is 190 Å². The molecule has 1 atom stereocenters. The minimum Gasteiger partial charge on any atom is -0.443 e. The van der Waals surface area contributed by atoms with Gasteiger partial charge in [-0.05, 0) is 64.3 Å². The predicted octanol–water partition coefficient (Wildman–Crippen LogP) is 5.22. The molecule has 7 heteroatoms. The summed E-state index contributed by atoms with van der Waals surface area (Å²) in [7, 11) is 1.81. The fourth-order valence-corrected chi connectivity index (χ4v) is 3.67. The Balaban J connectivity index is 1.92. The quantitative estimate of drug-likeness (QED) is 0.641. The largest absolute Gasteiger partial charge is 0.443 e. The molecule has 1 saturated heterocycles. The highest BCUT2D eigenvalue weighted by Crippen LogP contribution is 2.24. The van der Waals surface area contributed by atoms with Gasteiger partial charge in [-0.15, -0.1) is 4.99 Å². The van der Waals surface area contributed by atoms with Crippen molar-refractivity contribution in [3.8, 4) is 0 Å². The van der Waals surface area contributed by atoms with E-state index in [1.807, 2.05) is 32.9 Å². The summed E-state index contributed by atoms with van der Waals surface area (Å²) in [6.07, 6.45) is -0.670. The van der Waals surface area contributed by atoms with Crippen molar-refractivity contribution < 1.29 is 19.1 Å². The molecule has 1 unspecified atom stereocenters. The molecule has 1 aliphatic rings. The number of fused-ring (bicyclic) bond motifs is 1. The second-order valence-corrected chi connectivity index (χ2v) is 10.2. The van der Waals surface area contributed by atoms with E-state index in [9.17, 15) is 9.59 Å². The van der Waals surface area contributed by atoms with Gasteiger partial charge in [0.25, 0.3) is 0 Å². The number of amides is 2. The summed E-state index contributed by atoms with van der Waals surface area (Å²) in [5.41, 5.74) is -0.267. The number of carbonyl (C=O) groups is 2. The minimum absolute atomic E-state index is 0.235. The molecule has 1 aliphatic heterocycles. The first-order valence-corrected chi connectivity index (χ1v) is 10.8. The normalized spacial score (nSPS) is 18.3. The van der Waals surface area contributed by atoms with Crippen LogP contribution < -0.4 is 0 Å². The fourth-order valence-electron chi connectivity index (χ4n) is 3.67. The van der Waals surface area contributed by atoms with Gasteiger partial charge in [-0.3, -0.25) is 0 Å². The van der Waals surface area contributed by atoms with Crippen molar-refractivity contribution in [2.24, 2.45) is 4.99 Å². The van der Waals surface area contributed by atoms with E-state index >= 15 is 0 Å². The van der Waals surface area contributed by atoms with Crippen molar-refractivity contribution in [3.05, 3.63) is 48.0 Å². The van der Waals surface area contributed by atoms with Crippen LogP contribution in [0.25, 0.3) is 10.8 Å². The van der Waals surface area contributed by atoms with Gasteiger partial charge in [0.1, 0.15) is 11.2 Å².